The summed E-state index contributed by atoms with van der Waals surface area (Å²) in [6.07, 6.45) is 6.33. The summed E-state index contributed by atoms with van der Waals surface area (Å²) < 4.78 is 1.36. The topological polar surface area (TPSA) is 36.4 Å². The van der Waals surface area contributed by atoms with Crippen molar-refractivity contribution in [1.29, 1.82) is 0 Å². The fourth-order valence-corrected chi connectivity index (χ4v) is 4.00. The quantitative estimate of drug-likeness (QED) is 0.481. The van der Waals surface area contributed by atoms with Gasteiger partial charge in [0.1, 0.15) is 0 Å². The highest BCUT2D eigenvalue weighted by molar-refractivity contribution is 14.1. The summed E-state index contributed by atoms with van der Waals surface area (Å²) in [5, 5.41) is 6.90. The summed E-state index contributed by atoms with van der Waals surface area (Å²) in [7, 11) is 1.85. The van der Waals surface area contributed by atoms with Crippen molar-refractivity contribution in [3.63, 3.8) is 0 Å². The smallest absolute Gasteiger partial charge is 0.191 e. The van der Waals surface area contributed by atoms with Crippen molar-refractivity contribution in [2.75, 3.05) is 13.6 Å². The predicted molar refractivity (Wildman–Crippen MR) is 87.5 cm³/mol. The number of halogens is 1. The molecule has 1 fully saturated rings. The van der Waals surface area contributed by atoms with E-state index >= 15 is 0 Å². The molecule has 0 aromatic carbocycles. The number of hydrogen-bond acceptors (Lipinski definition) is 2. The van der Waals surface area contributed by atoms with E-state index in [1.165, 1.54) is 33.4 Å². The first-order valence-electron chi connectivity index (χ1n) is 6.49. The number of hydrogen-bond donors (Lipinski definition) is 2. The zero-order chi connectivity index (χ0) is 12.8. The Bertz CT molecular complexity index is 397. The van der Waals surface area contributed by atoms with Crippen LogP contribution in [0, 0.1) is 2.88 Å². The maximum Gasteiger partial charge on any atom is 0.191 e. The molecule has 0 spiro atoms. The summed E-state index contributed by atoms with van der Waals surface area (Å²) in [6, 6.07) is 5.01. The second-order valence-electron chi connectivity index (χ2n) is 4.58. The van der Waals surface area contributed by atoms with Gasteiger partial charge >= 0.3 is 0 Å². The third-order valence-electron chi connectivity index (χ3n) is 3.21. The monoisotopic (exact) mass is 377 g/mol. The molecule has 2 N–H and O–H groups in total. The minimum absolute atomic E-state index is 0.624. The summed E-state index contributed by atoms with van der Waals surface area (Å²) in [5.74, 6) is 0.952. The maximum atomic E-state index is 4.28. The van der Waals surface area contributed by atoms with Gasteiger partial charge in [-0.3, -0.25) is 4.99 Å². The molecule has 0 radical (unpaired) electrons. The van der Waals surface area contributed by atoms with Crippen molar-refractivity contribution in [3.8, 4) is 0 Å². The van der Waals surface area contributed by atoms with Crippen molar-refractivity contribution in [1.82, 2.24) is 10.6 Å². The zero-order valence-electron chi connectivity index (χ0n) is 10.7. The number of thiophene rings is 1. The molecule has 1 aliphatic carbocycles. The first kappa shape index (κ1) is 14.1. The van der Waals surface area contributed by atoms with Crippen LogP contribution in [0.25, 0.3) is 0 Å². The Morgan fingerprint density at radius 1 is 1.44 bits per heavy atom. The second kappa shape index (κ2) is 7.33. The van der Waals surface area contributed by atoms with E-state index in [1.807, 2.05) is 18.4 Å². The highest BCUT2D eigenvalue weighted by Crippen LogP contribution is 2.18. The van der Waals surface area contributed by atoms with Crippen LogP contribution in [0.4, 0.5) is 0 Å². The Balaban J connectivity index is 1.70. The number of rotatable bonds is 4. The van der Waals surface area contributed by atoms with Gasteiger partial charge in [-0.1, -0.05) is 12.8 Å². The van der Waals surface area contributed by atoms with Gasteiger partial charge in [0.2, 0.25) is 0 Å². The fraction of sp³-hybridized carbons (Fsp3) is 0.615. The van der Waals surface area contributed by atoms with E-state index in [0.29, 0.717) is 6.04 Å². The molecular formula is C13H20IN3S. The molecule has 0 amide bonds. The third kappa shape index (κ3) is 4.42. The molecule has 1 aromatic heterocycles. The Morgan fingerprint density at radius 2 is 2.22 bits per heavy atom. The van der Waals surface area contributed by atoms with Crippen molar-refractivity contribution < 1.29 is 0 Å². The molecule has 0 atom stereocenters. The number of aliphatic imine (C=N–C) groups is 1. The molecule has 0 bridgehead atoms. The average Bonchev–Trinajstić information content (AvgIpc) is 3.00. The van der Waals surface area contributed by atoms with Gasteiger partial charge in [-0.2, -0.15) is 0 Å². The van der Waals surface area contributed by atoms with Gasteiger partial charge in [0.25, 0.3) is 0 Å². The van der Waals surface area contributed by atoms with Gasteiger partial charge < -0.3 is 10.6 Å². The zero-order valence-corrected chi connectivity index (χ0v) is 13.7. The molecule has 3 nitrogen and oxygen atoms in total. The maximum absolute atomic E-state index is 4.28. The normalized spacial score (nSPS) is 17.1. The molecule has 0 aliphatic heterocycles. The lowest BCUT2D eigenvalue weighted by molar-refractivity contribution is 0.614. The number of nitrogens with one attached hydrogen (secondary N) is 2. The van der Waals surface area contributed by atoms with Crippen LogP contribution in [0.3, 0.4) is 0 Å². The van der Waals surface area contributed by atoms with Crippen LogP contribution in [0.5, 0.6) is 0 Å². The first-order valence-corrected chi connectivity index (χ1v) is 8.39. The molecule has 0 unspecified atom stereocenters. The molecule has 2 rings (SSSR count). The van der Waals surface area contributed by atoms with E-state index in [4.69, 9.17) is 0 Å². The molecule has 1 saturated carbocycles. The van der Waals surface area contributed by atoms with Crippen molar-refractivity contribution in [3.05, 3.63) is 19.9 Å². The molecule has 18 heavy (non-hydrogen) atoms. The Kier molecular flexibility index (Phi) is 5.75. The lowest BCUT2D eigenvalue weighted by Gasteiger charge is -2.16. The molecule has 1 aliphatic rings. The highest BCUT2D eigenvalue weighted by Gasteiger charge is 2.15. The summed E-state index contributed by atoms with van der Waals surface area (Å²) >= 11 is 4.23. The van der Waals surface area contributed by atoms with Gasteiger partial charge in [-0.15, -0.1) is 11.3 Å². The number of nitrogens with zero attached hydrogens (tertiary/aromatic N) is 1. The average molecular weight is 377 g/mol. The van der Waals surface area contributed by atoms with Crippen molar-refractivity contribution >= 4 is 39.9 Å². The Labute approximate surface area is 127 Å². The van der Waals surface area contributed by atoms with Gasteiger partial charge in [0.15, 0.2) is 5.96 Å². The van der Waals surface area contributed by atoms with Gasteiger partial charge in [-0.25, -0.2) is 0 Å². The van der Waals surface area contributed by atoms with Crippen molar-refractivity contribution in [2.24, 2.45) is 4.99 Å². The predicted octanol–water partition coefficient (Wildman–Crippen LogP) is 3.00. The lowest BCUT2D eigenvalue weighted by Crippen LogP contribution is -2.42. The Morgan fingerprint density at radius 3 is 2.83 bits per heavy atom. The van der Waals surface area contributed by atoms with Crippen LogP contribution in [0.1, 0.15) is 30.6 Å². The molecule has 1 heterocycles. The van der Waals surface area contributed by atoms with Crippen LogP contribution in [-0.2, 0) is 6.42 Å². The van der Waals surface area contributed by atoms with Gasteiger partial charge in [0.05, 0.1) is 2.88 Å². The largest absolute Gasteiger partial charge is 0.356 e. The van der Waals surface area contributed by atoms with Gasteiger partial charge in [-0.05, 0) is 54.0 Å². The SMILES string of the molecule is CN=C(NCCc1ccc(I)s1)NC1CCCC1. The van der Waals surface area contributed by atoms with Crippen molar-refractivity contribution in [2.45, 2.75) is 38.1 Å². The number of guanidine groups is 1. The molecular weight excluding hydrogens is 357 g/mol. The summed E-state index contributed by atoms with van der Waals surface area (Å²) in [5.41, 5.74) is 0. The minimum atomic E-state index is 0.624. The van der Waals surface area contributed by atoms with E-state index in [0.717, 1.165) is 18.9 Å². The van der Waals surface area contributed by atoms with E-state index in [1.54, 1.807) is 0 Å². The van der Waals surface area contributed by atoms with E-state index in [9.17, 15) is 0 Å². The molecule has 0 saturated heterocycles. The Hall–Kier alpha value is -0.300. The van der Waals surface area contributed by atoms with Crippen LogP contribution < -0.4 is 10.6 Å². The summed E-state index contributed by atoms with van der Waals surface area (Å²) in [6.45, 7) is 0.947. The van der Waals surface area contributed by atoms with E-state index in [-0.39, 0.29) is 0 Å². The third-order valence-corrected chi connectivity index (χ3v) is 5.17. The minimum Gasteiger partial charge on any atom is -0.356 e. The van der Waals surface area contributed by atoms with Crippen LogP contribution >= 0.6 is 33.9 Å². The van der Waals surface area contributed by atoms with Gasteiger partial charge in [0, 0.05) is 24.5 Å². The first-order chi connectivity index (χ1) is 8.78. The van der Waals surface area contributed by atoms with Crippen LogP contribution in [-0.4, -0.2) is 25.6 Å². The second-order valence-corrected chi connectivity index (χ2v) is 7.64. The lowest BCUT2D eigenvalue weighted by atomic mass is 10.2. The molecule has 5 heteroatoms. The fourth-order valence-electron chi connectivity index (χ4n) is 2.25. The van der Waals surface area contributed by atoms with E-state index < -0.39 is 0 Å². The highest BCUT2D eigenvalue weighted by atomic mass is 127. The molecule has 100 valence electrons. The summed E-state index contributed by atoms with van der Waals surface area (Å²) in [4.78, 5) is 5.72. The van der Waals surface area contributed by atoms with E-state index in [2.05, 4.69) is 50.3 Å². The molecule has 1 aromatic rings. The van der Waals surface area contributed by atoms with Crippen LogP contribution in [0.2, 0.25) is 0 Å². The van der Waals surface area contributed by atoms with Crippen LogP contribution in [0.15, 0.2) is 17.1 Å². The standard InChI is InChI=1S/C13H20IN3S/c1-15-13(17-10-4-2-3-5-10)16-9-8-11-6-7-12(14)18-11/h6-7,10H,2-5,8-9H2,1H3,(H2,15,16,17).